The van der Waals surface area contributed by atoms with Gasteiger partial charge in [-0.3, -0.25) is 4.79 Å². The molecule has 2 aromatic carbocycles. The lowest BCUT2D eigenvalue weighted by Crippen LogP contribution is -2.20. The lowest BCUT2D eigenvalue weighted by molar-refractivity contribution is -0.146. The summed E-state index contributed by atoms with van der Waals surface area (Å²) < 4.78 is 10.7. The number of rotatable bonds is 7. The van der Waals surface area contributed by atoms with E-state index >= 15 is 0 Å². The first-order valence-electron chi connectivity index (χ1n) is 10.8. The van der Waals surface area contributed by atoms with Crippen LogP contribution in [0.5, 0.6) is 5.75 Å². The monoisotopic (exact) mass is 443 g/mol. The molecule has 0 bridgehead atoms. The van der Waals surface area contributed by atoms with Gasteiger partial charge in [-0.1, -0.05) is 55.4 Å². The third-order valence-corrected chi connectivity index (χ3v) is 5.39. The third-order valence-electron chi connectivity index (χ3n) is 5.39. The zero-order chi connectivity index (χ0) is 23.4. The van der Waals surface area contributed by atoms with Crippen LogP contribution in [0.25, 0.3) is 33.6 Å². The van der Waals surface area contributed by atoms with E-state index in [1.54, 1.807) is 37.4 Å². The summed E-state index contributed by atoms with van der Waals surface area (Å²) >= 11 is 0. The van der Waals surface area contributed by atoms with E-state index < -0.39 is 5.92 Å². The van der Waals surface area contributed by atoms with Crippen LogP contribution in [0.2, 0.25) is 0 Å². The molecule has 33 heavy (non-hydrogen) atoms. The number of phenolic OH excluding ortho intramolecular Hbond substituents is 1. The van der Waals surface area contributed by atoms with E-state index in [0.717, 1.165) is 16.7 Å². The molecule has 1 unspecified atom stereocenters. The molecule has 1 N–H and O–H groups in total. The van der Waals surface area contributed by atoms with Gasteiger partial charge >= 0.3 is 5.97 Å². The molecule has 2 heterocycles. The summed E-state index contributed by atoms with van der Waals surface area (Å²) in [5, 5.41) is 22.5. The molecule has 4 rings (SSSR count). The van der Waals surface area contributed by atoms with Gasteiger partial charge < -0.3 is 14.4 Å². The van der Waals surface area contributed by atoms with Gasteiger partial charge in [-0.15, -0.1) is 0 Å². The Labute approximate surface area is 192 Å². The minimum atomic E-state index is -0.499. The Bertz CT molecular complexity index is 1250. The summed E-state index contributed by atoms with van der Waals surface area (Å²) in [5.41, 5.74) is 4.55. The van der Waals surface area contributed by atoms with Crippen LogP contribution in [-0.2, 0) is 9.53 Å². The van der Waals surface area contributed by atoms with Gasteiger partial charge in [0.2, 0.25) is 0 Å². The number of aromatic hydroxyl groups is 1. The summed E-state index contributed by atoms with van der Waals surface area (Å²) in [6.45, 7) is 6.00. The maximum absolute atomic E-state index is 12.3. The van der Waals surface area contributed by atoms with Crippen molar-refractivity contribution in [3.8, 4) is 39.4 Å². The molecule has 0 saturated carbocycles. The van der Waals surface area contributed by atoms with Crippen LogP contribution < -0.4 is 0 Å². The van der Waals surface area contributed by atoms with E-state index in [0.29, 0.717) is 29.3 Å². The number of nitrogens with zero attached hydrogens (tertiary/aromatic N) is 3. The largest absolute Gasteiger partial charge is 0.507 e. The van der Waals surface area contributed by atoms with Gasteiger partial charge in [0.15, 0.2) is 5.76 Å². The average Bonchev–Trinajstić information content (AvgIpc) is 3.29. The van der Waals surface area contributed by atoms with Crippen molar-refractivity contribution in [2.45, 2.75) is 26.7 Å². The van der Waals surface area contributed by atoms with Crippen LogP contribution in [0.1, 0.15) is 32.4 Å². The Balaban J connectivity index is 1.58. The van der Waals surface area contributed by atoms with Gasteiger partial charge in [0.25, 0.3) is 0 Å². The number of hydrogen-bond donors (Lipinski definition) is 1. The SMILES string of the molecule is CCOC(=O)C(c1cc(-c2ccc(-c3cnnc(-c4ccccc4O)c3)cc2)no1)C(C)C. The predicted octanol–water partition coefficient (Wildman–Crippen LogP) is 5.47. The second-order valence-corrected chi connectivity index (χ2v) is 8.01. The van der Waals surface area contributed by atoms with E-state index in [2.05, 4.69) is 15.4 Å². The Morgan fingerprint density at radius 1 is 1.00 bits per heavy atom. The second-order valence-electron chi connectivity index (χ2n) is 8.01. The first kappa shape index (κ1) is 22.2. The van der Waals surface area contributed by atoms with E-state index in [9.17, 15) is 9.90 Å². The summed E-state index contributed by atoms with van der Waals surface area (Å²) in [6, 6.07) is 18.5. The topological polar surface area (TPSA) is 98.3 Å². The maximum Gasteiger partial charge on any atom is 0.317 e. The van der Waals surface area contributed by atoms with Crippen molar-refractivity contribution in [3.05, 3.63) is 72.6 Å². The van der Waals surface area contributed by atoms with E-state index in [1.165, 1.54) is 0 Å². The molecule has 1 atom stereocenters. The molecular formula is C26H25N3O4. The lowest BCUT2D eigenvalue weighted by Gasteiger charge is -2.15. The molecule has 0 fully saturated rings. The Morgan fingerprint density at radius 2 is 1.73 bits per heavy atom. The Kier molecular flexibility index (Phi) is 6.49. The van der Waals surface area contributed by atoms with Crippen molar-refractivity contribution in [1.82, 2.24) is 15.4 Å². The highest BCUT2D eigenvalue weighted by Crippen LogP contribution is 2.32. The summed E-state index contributed by atoms with van der Waals surface area (Å²) in [4.78, 5) is 12.3. The number of para-hydroxylation sites is 1. The van der Waals surface area contributed by atoms with Gasteiger partial charge in [-0.2, -0.15) is 10.2 Å². The number of ether oxygens (including phenoxy) is 1. The van der Waals surface area contributed by atoms with Gasteiger partial charge in [-0.25, -0.2) is 0 Å². The number of carbonyl (C=O) groups is 1. The number of aromatic nitrogens is 3. The predicted molar refractivity (Wildman–Crippen MR) is 124 cm³/mol. The molecule has 0 aliphatic heterocycles. The first-order chi connectivity index (χ1) is 16.0. The molecule has 0 aliphatic carbocycles. The van der Waals surface area contributed by atoms with Crippen molar-refractivity contribution in [2.75, 3.05) is 6.61 Å². The van der Waals surface area contributed by atoms with Crippen LogP contribution in [0.3, 0.4) is 0 Å². The molecule has 2 aromatic heterocycles. The Morgan fingerprint density at radius 3 is 2.42 bits per heavy atom. The quantitative estimate of drug-likeness (QED) is 0.378. The number of benzene rings is 2. The van der Waals surface area contributed by atoms with E-state index in [1.807, 2.05) is 50.2 Å². The number of esters is 1. The number of carbonyl (C=O) groups excluding carboxylic acids is 1. The van der Waals surface area contributed by atoms with E-state index in [-0.39, 0.29) is 17.6 Å². The zero-order valence-corrected chi connectivity index (χ0v) is 18.7. The first-order valence-corrected chi connectivity index (χ1v) is 10.8. The summed E-state index contributed by atoms with van der Waals surface area (Å²) in [7, 11) is 0. The number of hydrogen-bond acceptors (Lipinski definition) is 7. The summed E-state index contributed by atoms with van der Waals surface area (Å²) in [6.07, 6.45) is 1.68. The molecule has 0 aliphatic rings. The van der Waals surface area contributed by atoms with E-state index in [4.69, 9.17) is 9.26 Å². The number of phenols is 1. The maximum atomic E-state index is 12.3. The highest BCUT2D eigenvalue weighted by atomic mass is 16.5. The van der Waals surface area contributed by atoms with Crippen LogP contribution >= 0.6 is 0 Å². The second kappa shape index (κ2) is 9.65. The smallest absolute Gasteiger partial charge is 0.317 e. The van der Waals surface area contributed by atoms with Crippen molar-refractivity contribution >= 4 is 5.97 Å². The standard InChI is InChI=1S/C26H25N3O4/c1-4-32-26(31)25(16(2)3)24-14-21(29-33-24)18-11-9-17(10-12-18)19-13-22(28-27-15-19)20-7-5-6-8-23(20)30/h5-16,25,30H,4H2,1-3H3. The molecule has 4 aromatic rings. The highest BCUT2D eigenvalue weighted by Gasteiger charge is 2.29. The fourth-order valence-corrected chi connectivity index (χ4v) is 3.70. The van der Waals surface area contributed by atoms with Gasteiger partial charge in [0.05, 0.1) is 18.5 Å². The van der Waals surface area contributed by atoms with Gasteiger partial charge in [0, 0.05) is 22.8 Å². The molecule has 0 saturated heterocycles. The van der Waals surface area contributed by atoms with Crippen LogP contribution in [0.15, 0.2) is 71.4 Å². The Hall–Kier alpha value is -4.00. The molecule has 0 radical (unpaired) electrons. The summed E-state index contributed by atoms with van der Waals surface area (Å²) in [5.74, 6) is -0.140. The highest BCUT2D eigenvalue weighted by molar-refractivity contribution is 5.78. The van der Waals surface area contributed by atoms with Crippen molar-refractivity contribution in [2.24, 2.45) is 5.92 Å². The van der Waals surface area contributed by atoms with Gasteiger partial charge in [0.1, 0.15) is 17.4 Å². The average molecular weight is 444 g/mol. The van der Waals surface area contributed by atoms with Crippen molar-refractivity contribution < 1.29 is 19.2 Å². The molecule has 7 heteroatoms. The molecule has 7 nitrogen and oxygen atoms in total. The zero-order valence-electron chi connectivity index (χ0n) is 18.7. The minimum Gasteiger partial charge on any atom is -0.507 e. The normalized spacial score (nSPS) is 12.0. The fraction of sp³-hybridized carbons (Fsp3) is 0.231. The molecule has 0 spiro atoms. The third kappa shape index (κ3) is 4.77. The van der Waals surface area contributed by atoms with Crippen LogP contribution in [-0.4, -0.2) is 33.0 Å². The van der Waals surface area contributed by atoms with Crippen LogP contribution in [0.4, 0.5) is 0 Å². The van der Waals surface area contributed by atoms with Crippen LogP contribution in [0, 0.1) is 5.92 Å². The molecule has 168 valence electrons. The lowest BCUT2D eigenvalue weighted by atomic mass is 9.93. The molecule has 0 amide bonds. The fourth-order valence-electron chi connectivity index (χ4n) is 3.70. The van der Waals surface area contributed by atoms with Crippen molar-refractivity contribution in [3.63, 3.8) is 0 Å². The van der Waals surface area contributed by atoms with Crippen molar-refractivity contribution in [1.29, 1.82) is 0 Å². The molecular weight excluding hydrogens is 418 g/mol. The minimum absolute atomic E-state index is 0.0182. The van der Waals surface area contributed by atoms with Gasteiger partial charge in [-0.05, 0) is 36.6 Å².